The van der Waals surface area contributed by atoms with Crippen LogP contribution in [0.2, 0.25) is 0 Å². The van der Waals surface area contributed by atoms with E-state index in [2.05, 4.69) is 21.9 Å². The molecule has 1 aromatic carbocycles. The first-order valence-corrected chi connectivity index (χ1v) is 10.8. The molecule has 3 heterocycles. The number of hydrogen-bond acceptors (Lipinski definition) is 6. The summed E-state index contributed by atoms with van der Waals surface area (Å²) in [5.41, 5.74) is 0.340. The molecule has 3 aromatic rings. The van der Waals surface area contributed by atoms with Crippen LogP contribution in [0.4, 0.5) is 4.39 Å². The Morgan fingerprint density at radius 3 is 2.53 bits per heavy atom. The lowest BCUT2D eigenvalue weighted by atomic mass is 10.2. The number of aromatic nitrogens is 2. The molecule has 1 saturated heterocycles. The molecule has 0 bridgehead atoms. The van der Waals surface area contributed by atoms with Gasteiger partial charge in [-0.15, -0.1) is 0 Å². The molecule has 0 aliphatic carbocycles. The van der Waals surface area contributed by atoms with E-state index in [9.17, 15) is 14.3 Å². The fourth-order valence-electron chi connectivity index (χ4n) is 3.74. The third-order valence-electron chi connectivity index (χ3n) is 5.71. The van der Waals surface area contributed by atoms with Crippen LogP contribution in [0.25, 0.3) is 11.3 Å². The average molecular weight is 442 g/mol. The maximum Gasteiger partial charge on any atom is 0.351 e. The van der Waals surface area contributed by atoms with Crippen molar-refractivity contribution >= 4 is 6.21 Å². The second-order valence-electron chi connectivity index (χ2n) is 8.07. The zero-order valence-electron chi connectivity index (χ0n) is 18.2. The highest BCUT2D eigenvalue weighted by atomic mass is 19.1. The van der Waals surface area contributed by atoms with Crippen molar-refractivity contribution in [1.29, 1.82) is 0 Å². The number of furan rings is 1. The van der Waals surface area contributed by atoms with Crippen LogP contribution in [-0.4, -0.2) is 70.1 Å². The van der Waals surface area contributed by atoms with Gasteiger partial charge in [-0.1, -0.05) is 0 Å². The molecule has 8 nitrogen and oxygen atoms in total. The van der Waals surface area contributed by atoms with Crippen LogP contribution < -0.4 is 5.69 Å². The predicted octanol–water partition coefficient (Wildman–Crippen LogP) is 2.66. The van der Waals surface area contributed by atoms with Gasteiger partial charge in [0.1, 0.15) is 17.3 Å². The van der Waals surface area contributed by atoms with Gasteiger partial charge in [0, 0.05) is 38.3 Å². The molecule has 0 amide bonds. The summed E-state index contributed by atoms with van der Waals surface area (Å²) in [4.78, 5) is 17.3. The summed E-state index contributed by atoms with van der Waals surface area (Å²) in [5.74, 6) is 0.582. The minimum absolute atomic E-state index is 0.113. The third-order valence-corrected chi connectivity index (χ3v) is 5.71. The van der Waals surface area contributed by atoms with Gasteiger partial charge < -0.3 is 19.3 Å². The van der Waals surface area contributed by atoms with Gasteiger partial charge in [-0.3, -0.25) is 4.57 Å². The quantitative estimate of drug-likeness (QED) is 0.430. The van der Waals surface area contributed by atoms with E-state index >= 15 is 0 Å². The van der Waals surface area contributed by atoms with Crippen molar-refractivity contribution in [3.05, 3.63) is 64.7 Å². The summed E-state index contributed by atoms with van der Waals surface area (Å²) in [6.07, 6.45) is 4.46. The van der Waals surface area contributed by atoms with Crippen molar-refractivity contribution in [1.82, 2.24) is 19.0 Å². The second-order valence-corrected chi connectivity index (χ2v) is 8.07. The SMILES string of the molecule is CN1CCN(CCCCn2c(O)cn(N=Cc3ccc(-c4ccc(F)cc4)o3)c2=O)CC1. The van der Waals surface area contributed by atoms with Gasteiger partial charge in [0.2, 0.25) is 5.88 Å². The zero-order chi connectivity index (χ0) is 22.5. The van der Waals surface area contributed by atoms with Crippen molar-refractivity contribution < 1.29 is 13.9 Å². The van der Waals surface area contributed by atoms with E-state index < -0.39 is 5.69 Å². The Kier molecular flexibility index (Phi) is 6.87. The van der Waals surface area contributed by atoms with Crippen molar-refractivity contribution in [2.75, 3.05) is 39.8 Å². The number of unbranched alkanes of at least 4 members (excludes halogenated alkanes) is 1. The molecular weight excluding hydrogens is 413 g/mol. The molecule has 170 valence electrons. The summed E-state index contributed by atoms with van der Waals surface area (Å²) in [6, 6.07) is 9.44. The monoisotopic (exact) mass is 441 g/mol. The van der Waals surface area contributed by atoms with Crippen LogP contribution in [0.15, 0.2) is 56.9 Å². The summed E-state index contributed by atoms with van der Waals surface area (Å²) in [6.45, 7) is 5.75. The molecule has 1 aliphatic heterocycles. The fourth-order valence-corrected chi connectivity index (χ4v) is 3.74. The molecule has 1 N–H and O–H groups in total. The van der Waals surface area contributed by atoms with Gasteiger partial charge in [-0.05, 0) is 62.8 Å². The summed E-state index contributed by atoms with van der Waals surface area (Å²) >= 11 is 0. The van der Waals surface area contributed by atoms with Crippen LogP contribution in [0, 0.1) is 5.82 Å². The molecule has 9 heteroatoms. The number of aromatic hydroxyl groups is 1. The minimum Gasteiger partial charge on any atom is -0.493 e. The molecule has 32 heavy (non-hydrogen) atoms. The molecule has 0 radical (unpaired) electrons. The largest absolute Gasteiger partial charge is 0.493 e. The Morgan fingerprint density at radius 1 is 1.06 bits per heavy atom. The standard InChI is InChI=1S/C23H28FN5O3/c1-26-12-14-27(15-13-26)10-2-3-11-28-22(30)17-29(23(28)31)25-16-20-8-9-21(32-20)18-4-6-19(24)7-5-18/h4-9,16-17,30H,2-3,10-15H2,1H3. The maximum atomic E-state index is 13.1. The van der Waals surface area contributed by atoms with E-state index in [-0.39, 0.29) is 11.7 Å². The number of likely N-dealkylation sites (N-methyl/N-ethyl adjacent to an activating group) is 1. The highest BCUT2D eigenvalue weighted by Gasteiger charge is 2.14. The molecule has 0 unspecified atom stereocenters. The van der Waals surface area contributed by atoms with Gasteiger partial charge in [0.05, 0.1) is 12.4 Å². The summed E-state index contributed by atoms with van der Waals surface area (Å²) in [5, 5.41) is 14.3. The lowest BCUT2D eigenvalue weighted by molar-refractivity contribution is 0.151. The topological polar surface area (TPSA) is 79.1 Å². The lowest BCUT2D eigenvalue weighted by Crippen LogP contribution is -2.44. The van der Waals surface area contributed by atoms with Crippen molar-refractivity contribution in [2.45, 2.75) is 19.4 Å². The zero-order valence-corrected chi connectivity index (χ0v) is 18.2. The first-order valence-electron chi connectivity index (χ1n) is 10.8. The van der Waals surface area contributed by atoms with Gasteiger partial charge in [0.15, 0.2) is 0 Å². The Labute approximate surface area is 185 Å². The first-order chi connectivity index (χ1) is 15.5. The van der Waals surface area contributed by atoms with Crippen molar-refractivity contribution in [3.8, 4) is 17.2 Å². The highest BCUT2D eigenvalue weighted by Crippen LogP contribution is 2.21. The number of benzene rings is 1. The smallest absolute Gasteiger partial charge is 0.351 e. The van der Waals surface area contributed by atoms with Crippen LogP contribution in [0.5, 0.6) is 5.88 Å². The van der Waals surface area contributed by atoms with Gasteiger partial charge in [0.25, 0.3) is 0 Å². The van der Waals surface area contributed by atoms with E-state index in [4.69, 9.17) is 4.42 Å². The first kappa shape index (κ1) is 22.0. The normalized spacial score (nSPS) is 15.7. The van der Waals surface area contributed by atoms with E-state index in [1.165, 1.54) is 29.1 Å². The predicted molar refractivity (Wildman–Crippen MR) is 121 cm³/mol. The molecule has 0 spiro atoms. The number of halogens is 1. The minimum atomic E-state index is -0.399. The van der Waals surface area contributed by atoms with Gasteiger partial charge in [-0.2, -0.15) is 9.78 Å². The molecule has 1 fully saturated rings. The fraction of sp³-hybridized carbons (Fsp3) is 0.391. The highest BCUT2D eigenvalue weighted by molar-refractivity contribution is 5.77. The van der Waals surface area contributed by atoms with E-state index in [0.717, 1.165) is 55.8 Å². The number of rotatable bonds is 8. The Hall–Kier alpha value is -3.17. The van der Waals surface area contributed by atoms with Gasteiger partial charge in [-0.25, -0.2) is 9.18 Å². The Bertz CT molecular complexity index is 1110. The molecule has 4 rings (SSSR count). The van der Waals surface area contributed by atoms with Crippen LogP contribution in [0.3, 0.4) is 0 Å². The van der Waals surface area contributed by atoms with Crippen molar-refractivity contribution in [3.63, 3.8) is 0 Å². The summed E-state index contributed by atoms with van der Waals surface area (Å²) < 4.78 is 21.2. The second kappa shape index (κ2) is 9.97. The van der Waals surface area contributed by atoms with Crippen LogP contribution in [-0.2, 0) is 6.54 Å². The summed E-state index contributed by atoms with van der Waals surface area (Å²) in [7, 11) is 2.13. The number of hydrogen-bond donors (Lipinski definition) is 1. The Morgan fingerprint density at radius 2 is 1.78 bits per heavy atom. The average Bonchev–Trinajstić information content (AvgIpc) is 3.36. The number of piperazine rings is 1. The van der Waals surface area contributed by atoms with E-state index in [1.807, 2.05) is 0 Å². The molecule has 0 saturated carbocycles. The Balaban J connectivity index is 1.33. The van der Waals surface area contributed by atoms with E-state index in [0.29, 0.717) is 18.1 Å². The van der Waals surface area contributed by atoms with E-state index in [1.54, 1.807) is 24.3 Å². The number of nitrogens with zero attached hydrogens (tertiary/aromatic N) is 5. The number of imidazole rings is 1. The maximum absolute atomic E-state index is 13.1. The third kappa shape index (κ3) is 5.35. The van der Waals surface area contributed by atoms with Gasteiger partial charge >= 0.3 is 5.69 Å². The molecule has 2 aromatic heterocycles. The van der Waals surface area contributed by atoms with Crippen LogP contribution >= 0.6 is 0 Å². The van der Waals surface area contributed by atoms with Crippen LogP contribution in [0.1, 0.15) is 18.6 Å². The lowest BCUT2D eigenvalue weighted by Gasteiger charge is -2.32. The molecular formula is C23H28FN5O3. The molecule has 0 atom stereocenters. The molecule has 1 aliphatic rings. The van der Waals surface area contributed by atoms with Crippen molar-refractivity contribution in [2.24, 2.45) is 5.10 Å².